The number of rotatable bonds is 4. The maximum Gasteiger partial charge on any atom is 0.151 e. The third-order valence-electron chi connectivity index (χ3n) is 2.92. The Hall–Kier alpha value is -1.94. The van der Waals surface area contributed by atoms with Gasteiger partial charge in [-0.15, -0.1) is 10.2 Å². The van der Waals surface area contributed by atoms with E-state index >= 15 is 0 Å². The Bertz CT molecular complexity index is 534. The molecule has 0 aliphatic carbocycles. The van der Waals surface area contributed by atoms with Gasteiger partial charge in [0.2, 0.25) is 0 Å². The van der Waals surface area contributed by atoms with Crippen LogP contribution in [-0.2, 0) is 0 Å². The molecule has 100 valence electrons. The van der Waals surface area contributed by atoms with Gasteiger partial charge in [0, 0.05) is 25.2 Å². The van der Waals surface area contributed by atoms with Gasteiger partial charge in [0.05, 0.1) is 5.69 Å². The number of aryl methyl sites for hydroxylation is 1. The van der Waals surface area contributed by atoms with Crippen molar-refractivity contribution in [3.63, 3.8) is 0 Å². The van der Waals surface area contributed by atoms with Gasteiger partial charge in [-0.3, -0.25) is 0 Å². The van der Waals surface area contributed by atoms with Crippen LogP contribution in [-0.4, -0.2) is 29.8 Å². The van der Waals surface area contributed by atoms with Gasteiger partial charge in [-0.1, -0.05) is 23.8 Å². The fourth-order valence-electron chi connectivity index (χ4n) is 2.01. The first kappa shape index (κ1) is 13.5. The predicted molar refractivity (Wildman–Crippen MR) is 79.1 cm³/mol. The van der Waals surface area contributed by atoms with Crippen LogP contribution >= 0.6 is 0 Å². The fraction of sp³-hybridized carbons (Fsp3) is 0.333. The van der Waals surface area contributed by atoms with Gasteiger partial charge in [0.25, 0.3) is 0 Å². The fourth-order valence-corrected chi connectivity index (χ4v) is 2.01. The van der Waals surface area contributed by atoms with E-state index in [4.69, 9.17) is 5.73 Å². The summed E-state index contributed by atoms with van der Waals surface area (Å²) in [5, 5.41) is 8.54. The van der Waals surface area contributed by atoms with Gasteiger partial charge in [-0.05, 0) is 32.0 Å². The molecule has 1 aromatic carbocycles. The minimum Gasteiger partial charge on any atom is -0.357 e. The second kappa shape index (κ2) is 5.80. The summed E-state index contributed by atoms with van der Waals surface area (Å²) >= 11 is 0. The Morgan fingerprint density at radius 3 is 2.58 bits per heavy atom. The molecule has 0 spiro atoms. The van der Waals surface area contributed by atoms with E-state index in [0.717, 1.165) is 23.6 Å². The highest BCUT2D eigenvalue weighted by Crippen LogP contribution is 2.19. The lowest BCUT2D eigenvalue weighted by molar-refractivity contribution is 0.708. The first-order valence-corrected chi connectivity index (χ1v) is 6.44. The number of anilines is 1. The molecular formula is C15H20N4. The number of hydrogen-bond donors (Lipinski definition) is 1. The third-order valence-corrected chi connectivity index (χ3v) is 2.92. The molecule has 2 N–H and O–H groups in total. The molecule has 0 bridgehead atoms. The molecule has 0 aliphatic heterocycles. The van der Waals surface area contributed by atoms with E-state index in [2.05, 4.69) is 29.3 Å². The molecule has 19 heavy (non-hydrogen) atoms. The van der Waals surface area contributed by atoms with Gasteiger partial charge < -0.3 is 10.6 Å². The van der Waals surface area contributed by atoms with Crippen molar-refractivity contribution < 1.29 is 0 Å². The Kier molecular flexibility index (Phi) is 4.12. The molecule has 1 aromatic heterocycles. The van der Waals surface area contributed by atoms with Crippen LogP contribution in [0.1, 0.15) is 12.5 Å². The highest BCUT2D eigenvalue weighted by atomic mass is 15.2. The van der Waals surface area contributed by atoms with Crippen molar-refractivity contribution >= 4 is 5.82 Å². The summed E-state index contributed by atoms with van der Waals surface area (Å²) in [6.07, 6.45) is 0. The van der Waals surface area contributed by atoms with E-state index in [-0.39, 0.29) is 6.04 Å². The van der Waals surface area contributed by atoms with Crippen LogP contribution < -0.4 is 10.6 Å². The van der Waals surface area contributed by atoms with Crippen LogP contribution in [0.4, 0.5) is 5.82 Å². The van der Waals surface area contributed by atoms with Crippen LogP contribution in [0.2, 0.25) is 0 Å². The molecule has 1 unspecified atom stereocenters. The number of nitrogens with two attached hydrogens (primary N) is 1. The van der Waals surface area contributed by atoms with Crippen molar-refractivity contribution in [3.8, 4) is 11.3 Å². The molecule has 1 atom stereocenters. The topological polar surface area (TPSA) is 55.0 Å². The molecule has 0 saturated carbocycles. The van der Waals surface area contributed by atoms with Crippen LogP contribution in [0.5, 0.6) is 0 Å². The minimum atomic E-state index is 0.114. The van der Waals surface area contributed by atoms with E-state index in [9.17, 15) is 0 Å². The molecule has 4 heteroatoms. The van der Waals surface area contributed by atoms with Crippen LogP contribution in [0.3, 0.4) is 0 Å². The standard InChI is InChI=1S/C15H20N4/c1-11-5-4-6-13(9-11)14-7-8-15(18-17-14)19(3)10-12(2)16/h4-9,12H,10,16H2,1-3H3. The monoisotopic (exact) mass is 256 g/mol. The summed E-state index contributed by atoms with van der Waals surface area (Å²) in [4.78, 5) is 2.01. The first-order valence-electron chi connectivity index (χ1n) is 6.44. The molecule has 0 fully saturated rings. The van der Waals surface area contributed by atoms with Crippen molar-refractivity contribution in [3.05, 3.63) is 42.0 Å². The smallest absolute Gasteiger partial charge is 0.151 e. The zero-order valence-electron chi connectivity index (χ0n) is 11.7. The average molecular weight is 256 g/mol. The zero-order valence-corrected chi connectivity index (χ0v) is 11.7. The highest BCUT2D eigenvalue weighted by Gasteiger charge is 2.06. The quantitative estimate of drug-likeness (QED) is 0.911. The van der Waals surface area contributed by atoms with Crippen molar-refractivity contribution in [1.29, 1.82) is 0 Å². The molecule has 0 radical (unpaired) electrons. The lowest BCUT2D eigenvalue weighted by Gasteiger charge is -2.19. The number of nitrogens with zero attached hydrogens (tertiary/aromatic N) is 3. The van der Waals surface area contributed by atoms with Crippen LogP contribution in [0.15, 0.2) is 36.4 Å². The van der Waals surface area contributed by atoms with Crippen molar-refractivity contribution in [2.45, 2.75) is 19.9 Å². The van der Waals surface area contributed by atoms with E-state index in [1.807, 2.05) is 43.1 Å². The maximum absolute atomic E-state index is 5.78. The van der Waals surface area contributed by atoms with E-state index in [1.165, 1.54) is 5.56 Å². The number of hydrogen-bond acceptors (Lipinski definition) is 4. The van der Waals surface area contributed by atoms with Gasteiger partial charge >= 0.3 is 0 Å². The molecule has 0 amide bonds. The zero-order chi connectivity index (χ0) is 13.8. The molecule has 0 saturated heterocycles. The normalized spacial score (nSPS) is 12.2. The second-order valence-electron chi connectivity index (χ2n) is 5.00. The molecule has 2 aromatic rings. The van der Waals surface area contributed by atoms with E-state index < -0.39 is 0 Å². The van der Waals surface area contributed by atoms with Crippen molar-refractivity contribution in [2.24, 2.45) is 5.73 Å². The number of benzene rings is 1. The molecule has 4 nitrogen and oxygen atoms in total. The SMILES string of the molecule is Cc1cccc(-c2ccc(N(C)CC(C)N)nn2)c1. The number of likely N-dealkylation sites (N-methyl/N-ethyl adjacent to an activating group) is 1. The summed E-state index contributed by atoms with van der Waals surface area (Å²) in [5.41, 5.74) is 8.98. The Morgan fingerprint density at radius 1 is 1.21 bits per heavy atom. The minimum absolute atomic E-state index is 0.114. The highest BCUT2D eigenvalue weighted by molar-refractivity contribution is 5.60. The van der Waals surface area contributed by atoms with E-state index in [0.29, 0.717) is 0 Å². The Morgan fingerprint density at radius 2 is 2.00 bits per heavy atom. The van der Waals surface area contributed by atoms with Crippen molar-refractivity contribution in [2.75, 3.05) is 18.5 Å². The average Bonchev–Trinajstić information content (AvgIpc) is 2.38. The number of aromatic nitrogens is 2. The second-order valence-corrected chi connectivity index (χ2v) is 5.00. The predicted octanol–water partition coefficient (Wildman–Crippen LogP) is 2.24. The van der Waals surface area contributed by atoms with Gasteiger partial charge in [-0.25, -0.2) is 0 Å². The van der Waals surface area contributed by atoms with Crippen LogP contribution in [0, 0.1) is 6.92 Å². The van der Waals surface area contributed by atoms with E-state index in [1.54, 1.807) is 0 Å². The van der Waals surface area contributed by atoms with Gasteiger partial charge in [0.15, 0.2) is 5.82 Å². The Labute approximate surface area is 114 Å². The third kappa shape index (κ3) is 3.51. The van der Waals surface area contributed by atoms with Gasteiger partial charge in [-0.2, -0.15) is 0 Å². The lowest BCUT2D eigenvalue weighted by atomic mass is 10.1. The summed E-state index contributed by atoms with van der Waals surface area (Å²) in [5.74, 6) is 0.841. The summed E-state index contributed by atoms with van der Waals surface area (Å²) < 4.78 is 0. The summed E-state index contributed by atoms with van der Waals surface area (Å²) in [6, 6.07) is 12.3. The maximum atomic E-state index is 5.78. The first-order chi connectivity index (χ1) is 9.06. The molecule has 1 heterocycles. The molecular weight excluding hydrogens is 236 g/mol. The largest absolute Gasteiger partial charge is 0.357 e. The Balaban J connectivity index is 2.19. The lowest BCUT2D eigenvalue weighted by Crippen LogP contribution is -2.33. The van der Waals surface area contributed by atoms with Crippen molar-refractivity contribution in [1.82, 2.24) is 10.2 Å². The summed E-state index contributed by atoms with van der Waals surface area (Å²) in [6.45, 7) is 4.81. The summed E-state index contributed by atoms with van der Waals surface area (Å²) in [7, 11) is 1.97. The molecule has 0 aliphatic rings. The van der Waals surface area contributed by atoms with Gasteiger partial charge in [0.1, 0.15) is 0 Å². The molecule has 2 rings (SSSR count). The van der Waals surface area contributed by atoms with Crippen LogP contribution in [0.25, 0.3) is 11.3 Å².